The minimum Gasteiger partial charge on any atom is -0.363 e. The molecule has 1 atom stereocenters. The third-order valence-electron chi connectivity index (χ3n) is 5.68. The van der Waals surface area contributed by atoms with Crippen LogP contribution in [0.5, 0.6) is 0 Å². The molecule has 0 unspecified atom stereocenters. The van der Waals surface area contributed by atoms with Gasteiger partial charge in [-0.3, -0.25) is 4.90 Å². The molecule has 0 bridgehead atoms. The Morgan fingerprint density at radius 3 is 2.73 bits per heavy atom. The Morgan fingerprint density at radius 1 is 1.20 bits per heavy atom. The molecular weight excluding hydrogens is 417 g/mol. The lowest BCUT2D eigenvalue weighted by molar-refractivity contribution is 0.312. The second-order valence-electron chi connectivity index (χ2n) is 7.63. The standard InChI is InChI=1S/C23H23Cl2N5/c1-28-11-9-27-23(28)16-29-10-8-20(15-29)30(14-18-4-2-3-5-21(18)24)19-7-6-17(13-26)22(25)12-19/h2-7,9,11-12,20H,8,10,14-16H2,1H3/t20-/m0/s1. The maximum absolute atomic E-state index is 9.23. The number of benzene rings is 2. The zero-order chi connectivity index (χ0) is 21.1. The van der Waals surface area contributed by atoms with Crippen molar-refractivity contribution in [2.75, 3.05) is 18.0 Å². The Kier molecular flexibility index (Phi) is 6.29. The lowest BCUT2D eigenvalue weighted by Crippen LogP contribution is -2.37. The van der Waals surface area contributed by atoms with Gasteiger partial charge in [0.25, 0.3) is 0 Å². The van der Waals surface area contributed by atoms with Crippen molar-refractivity contribution >= 4 is 28.9 Å². The zero-order valence-electron chi connectivity index (χ0n) is 16.8. The first-order valence-electron chi connectivity index (χ1n) is 9.93. The van der Waals surface area contributed by atoms with Crippen LogP contribution in [0, 0.1) is 11.3 Å². The Hall–Kier alpha value is -2.52. The van der Waals surface area contributed by atoms with Crippen molar-refractivity contribution in [1.82, 2.24) is 14.5 Å². The number of nitrogens with zero attached hydrogens (tertiary/aromatic N) is 5. The van der Waals surface area contributed by atoms with Gasteiger partial charge >= 0.3 is 0 Å². The molecule has 0 saturated carbocycles. The van der Waals surface area contributed by atoms with E-state index in [4.69, 9.17) is 23.2 Å². The van der Waals surface area contributed by atoms with E-state index in [9.17, 15) is 5.26 Å². The molecule has 0 radical (unpaired) electrons. The minimum absolute atomic E-state index is 0.311. The molecule has 3 aromatic rings. The molecule has 1 aliphatic rings. The highest BCUT2D eigenvalue weighted by molar-refractivity contribution is 6.32. The highest BCUT2D eigenvalue weighted by Gasteiger charge is 2.29. The molecule has 30 heavy (non-hydrogen) atoms. The van der Waals surface area contributed by atoms with Gasteiger partial charge in [0.05, 0.1) is 17.1 Å². The maximum atomic E-state index is 9.23. The number of hydrogen-bond donors (Lipinski definition) is 0. The van der Waals surface area contributed by atoms with Crippen LogP contribution in [0.2, 0.25) is 10.0 Å². The van der Waals surface area contributed by atoms with Crippen molar-refractivity contribution in [3.05, 3.63) is 81.9 Å². The number of imidazole rings is 1. The second kappa shape index (κ2) is 9.09. The van der Waals surface area contributed by atoms with Gasteiger partial charge in [0.15, 0.2) is 0 Å². The number of halogens is 2. The van der Waals surface area contributed by atoms with Crippen LogP contribution < -0.4 is 4.90 Å². The number of hydrogen-bond acceptors (Lipinski definition) is 4. The van der Waals surface area contributed by atoms with Crippen LogP contribution in [0.3, 0.4) is 0 Å². The third-order valence-corrected chi connectivity index (χ3v) is 6.36. The van der Waals surface area contributed by atoms with Gasteiger partial charge in [0.2, 0.25) is 0 Å². The van der Waals surface area contributed by atoms with Crippen molar-refractivity contribution < 1.29 is 0 Å². The quantitative estimate of drug-likeness (QED) is 0.548. The fraction of sp³-hybridized carbons (Fsp3) is 0.304. The van der Waals surface area contributed by atoms with Gasteiger partial charge in [-0.25, -0.2) is 4.98 Å². The first-order chi connectivity index (χ1) is 14.5. The molecule has 1 fully saturated rings. The average Bonchev–Trinajstić information content (AvgIpc) is 3.37. The van der Waals surface area contributed by atoms with Gasteiger partial charge in [-0.05, 0) is 36.2 Å². The van der Waals surface area contributed by atoms with Crippen molar-refractivity contribution in [3.63, 3.8) is 0 Å². The van der Waals surface area contributed by atoms with Crippen molar-refractivity contribution in [3.8, 4) is 6.07 Å². The number of likely N-dealkylation sites (tertiary alicyclic amines) is 1. The topological polar surface area (TPSA) is 48.1 Å². The van der Waals surface area contributed by atoms with Gasteiger partial charge in [0.1, 0.15) is 11.9 Å². The van der Waals surface area contributed by atoms with E-state index in [1.807, 2.05) is 49.8 Å². The number of nitriles is 1. The van der Waals surface area contributed by atoms with E-state index in [1.165, 1.54) is 0 Å². The average molecular weight is 440 g/mol. The molecule has 1 aliphatic heterocycles. The molecule has 154 valence electrons. The Bertz CT molecular complexity index is 1070. The summed E-state index contributed by atoms with van der Waals surface area (Å²) < 4.78 is 2.06. The lowest BCUT2D eigenvalue weighted by atomic mass is 10.1. The fourth-order valence-electron chi connectivity index (χ4n) is 3.97. The first kappa shape index (κ1) is 20.7. The van der Waals surface area contributed by atoms with Crippen LogP contribution in [0.25, 0.3) is 0 Å². The summed E-state index contributed by atoms with van der Waals surface area (Å²) in [5.74, 6) is 1.06. The van der Waals surface area contributed by atoms with Crippen LogP contribution in [-0.4, -0.2) is 33.6 Å². The predicted octanol–water partition coefficient (Wildman–Crippen LogP) is 4.88. The third kappa shape index (κ3) is 4.46. The van der Waals surface area contributed by atoms with Gasteiger partial charge < -0.3 is 9.47 Å². The highest BCUT2D eigenvalue weighted by Crippen LogP contribution is 2.31. The lowest BCUT2D eigenvalue weighted by Gasteiger charge is -2.32. The van der Waals surface area contributed by atoms with Crippen LogP contribution >= 0.6 is 23.2 Å². The maximum Gasteiger partial charge on any atom is 0.122 e. The number of aryl methyl sites for hydroxylation is 1. The molecule has 0 amide bonds. The first-order valence-corrected chi connectivity index (χ1v) is 10.7. The molecule has 2 heterocycles. The SMILES string of the molecule is Cn1ccnc1CN1CC[C@H](N(Cc2ccccc2Cl)c2ccc(C#N)c(Cl)c2)C1. The highest BCUT2D eigenvalue weighted by atomic mass is 35.5. The second-order valence-corrected chi connectivity index (χ2v) is 8.44. The summed E-state index contributed by atoms with van der Waals surface area (Å²) in [6, 6.07) is 16.0. The summed E-state index contributed by atoms with van der Waals surface area (Å²) in [7, 11) is 2.03. The molecule has 0 aliphatic carbocycles. The number of aromatic nitrogens is 2. The van der Waals surface area contributed by atoms with E-state index in [0.29, 0.717) is 23.2 Å². The summed E-state index contributed by atoms with van der Waals surface area (Å²) >= 11 is 12.8. The molecule has 4 rings (SSSR count). The largest absolute Gasteiger partial charge is 0.363 e. The molecule has 2 aromatic carbocycles. The van der Waals surface area contributed by atoms with Crippen LogP contribution in [0.4, 0.5) is 5.69 Å². The van der Waals surface area contributed by atoms with E-state index >= 15 is 0 Å². The van der Waals surface area contributed by atoms with Crippen LogP contribution in [0.15, 0.2) is 54.9 Å². The molecule has 7 heteroatoms. The van der Waals surface area contributed by atoms with Gasteiger partial charge in [-0.2, -0.15) is 5.26 Å². The molecular formula is C23H23Cl2N5. The Labute approximate surface area is 187 Å². The number of anilines is 1. The molecule has 0 N–H and O–H groups in total. The molecule has 1 aromatic heterocycles. The molecule has 1 saturated heterocycles. The molecule has 5 nitrogen and oxygen atoms in total. The smallest absolute Gasteiger partial charge is 0.122 e. The monoisotopic (exact) mass is 439 g/mol. The summed E-state index contributed by atoms with van der Waals surface area (Å²) in [5, 5.41) is 10.5. The normalized spacial score (nSPS) is 16.5. The summed E-state index contributed by atoms with van der Waals surface area (Å²) in [6.45, 7) is 3.44. The zero-order valence-corrected chi connectivity index (χ0v) is 18.3. The Morgan fingerprint density at radius 2 is 2.03 bits per heavy atom. The fourth-order valence-corrected chi connectivity index (χ4v) is 4.39. The van der Waals surface area contributed by atoms with Crippen molar-refractivity contribution in [1.29, 1.82) is 5.26 Å². The van der Waals surface area contributed by atoms with E-state index in [0.717, 1.165) is 48.2 Å². The van der Waals surface area contributed by atoms with E-state index < -0.39 is 0 Å². The van der Waals surface area contributed by atoms with Crippen molar-refractivity contribution in [2.24, 2.45) is 7.05 Å². The van der Waals surface area contributed by atoms with Gasteiger partial charge in [0, 0.05) is 55.8 Å². The summed E-state index contributed by atoms with van der Waals surface area (Å²) in [5.41, 5.74) is 2.56. The van der Waals surface area contributed by atoms with E-state index in [-0.39, 0.29) is 0 Å². The minimum atomic E-state index is 0.311. The Balaban J connectivity index is 1.59. The van der Waals surface area contributed by atoms with Crippen LogP contribution in [0.1, 0.15) is 23.4 Å². The predicted molar refractivity (Wildman–Crippen MR) is 121 cm³/mol. The van der Waals surface area contributed by atoms with Gasteiger partial charge in [-0.1, -0.05) is 41.4 Å². The van der Waals surface area contributed by atoms with Gasteiger partial charge in [-0.15, -0.1) is 0 Å². The van der Waals surface area contributed by atoms with E-state index in [1.54, 1.807) is 6.07 Å². The number of rotatable bonds is 6. The summed E-state index contributed by atoms with van der Waals surface area (Å²) in [6.07, 6.45) is 4.85. The van der Waals surface area contributed by atoms with Crippen LogP contribution in [-0.2, 0) is 20.1 Å². The molecule has 0 spiro atoms. The van der Waals surface area contributed by atoms with E-state index in [2.05, 4.69) is 31.5 Å². The summed E-state index contributed by atoms with van der Waals surface area (Å²) in [4.78, 5) is 9.24. The van der Waals surface area contributed by atoms with Crippen molar-refractivity contribution in [2.45, 2.75) is 25.6 Å².